The van der Waals surface area contributed by atoms with Crippen LogP contribution < -0.4 is 5.32 Å². The van der Waals surface area contributed by atoms with E-state index in [0.717, 1.165) is 19.1 Å². The van der Waals surface area contributed by atoms with E-state index in [2.05, 4.69) is 10.2 Å². The van der Waals surface area contributed by atoms with Gasteiger partial charge in [-0.3, -0.25) is 4.99 Å². The maximum Gasteiger partial charge on any atom is 0.194 e. The van der Waals surface area contributed by atoms with E-state index < -0.39 is 0 Å². The Morgan fingerprint density at radius 3 is 2.28 bits per heavy atom. The molecule has 0 aromatic heterocycles. The van der Waals surface area contributed by atoms with Crippen LogP contribution in [0.1, 0.15) is 64.2 Å². The minimum absolute atomic E-state index is 0.704. The second kappa shape index (κ2) is 5.94. The molecule has 0 aromatic rings. The van der Waals surface area contributed by atoms with E-state index in [4.69, 9.17) is 4.99 Å². The maximum atomic E-state index is 4.72. The molecule has 2 aliphatic carbocycles. The van der Waals surface area contributed by atoms with Crippen LogP contribution in [0.25, 0.3) is 0 Å². The Bertz CT molecular complexity index is 286. The minimum atomic E-state index is 0.704. The molecule has 2 fully saturated rings. The SMILES string of the molecule is C1CCCC(N2CCN=C2NC2CCCC2)CC1. The van der Waals surface area contributed by atoms with E-state index in [1.54, 1.807) is 0 Å². The van der Waals surface area contributed by atoms with Gasteiger partial charge in [-0.1, -0.05) is 38.5 Å². The highest BCUT2D eigenvalue weighted by Crippen LogP contribution is 2.24. The zero-order valence-corrected chi connectivity index (χ0v) is 11.5. The third kappa shape index (κ3) is 2.81. The molecule has 0 radical (unpaired) electrons. The van der Waals surface area contributed by atoms with E-state index in [1.165, 1.54) is 70.2 Å². The molecule has 18 heavy (non-hydrogen) atoms. The molecule has 102 valence electrons. The van der Waals surface area contributed by atoms with Gasteiger partial charge in [-0.2, -0.15) is 0 Å². The first kappa shape index (κ1) is 12.3. The lowest BCUT2D eigenvalue weighted by Crippen LogP contribution is -2.47. The quantitative estimate of drug-likeness (QED) is 0.762. The molecule has 3 heteroatoms. The van der Waals surface area contributed by atoms with E-state index in [9.17, 15) is 0 Å². The van der Waals surface area contributed by atoms with Crippen LogP contribution in [0, 0.1) is 0 Å². The molecular weight excluding hydrogens is 222 g/mol. The van der Waals surface area contributed by atoms with Crippen molar-refractivity contribution in [1.82, 2.24) is 10.2 Å². The van der Waals surface area contributed by atoms with Gasteiger partial charge >= 0.3 is 0 Å². The monoisotopic (exact) mass is 249 g/mol. The molecule has 3 aliphatic rings. The Morgan fingerprint density at radius 1 is 0.889 bits per heavy atom. The van der Waals surface area contributed by atoms with Crippen molar-refractivity contribution >= 4 is 5.96 Å². The van der Waals surface area contributed by atoms with Crippen molar-refractivity contribution in [2.24, 2.45) is 4.99 Å². The third-order valence-electron chi connectivity index (χ3n) is 4.83. The molecule has 1 heterocycles. The van der Waals surface area contributed by atoms with Crippen molar-refractivity contribution in [3.8, 4) is 0 Å². The average Bonchev–Trinajstić information content (AvgIpc) is 2.97. The molecule has 0 atom stereocenters. The van der Waals surface area contributed by atoms with E-state index in [0.29, 0.717) is 6.04 Å². The molecule has 0 saturated heterocycles. The van der Waals surface area contributed by atoms with Gasteiger partial charge in [-0.15, -0.1) is 0 Å². The summed E-state index contributed by atoms with van der Waals surface area (Å²) in [5, 5.41) is 3.72. The summed E-state index contributed by atoms with van der Waals surface area (Å²) in [6, 6.07) is 1.47. The number of nitrogens with one attached hydrogen (secondary N) is 1. The molecule has 1 N–H and O–H groups in total. The fourth-order valence-electron chi connectivity index (χ4n) is 3.77. The van der Waals surface area contributed by atoms with Gasteiger partial charge in [0.25, 0.3) is 0 Å². The Morgan fingerprint density at radius 2 is 1.56 bits per heavy atom. The lowest BCUT2D eigenvalue weighted by atomic mass is 10.1. The van der Waals surface area contributed by atoms with Crippen molar-refractivity contribution in [3.63, 3.8) is 0 Å². The molecule has 0 bridgehead atoms. The molecule has 1 aliphatic heterocycles. The number of hydrogen-bond donors (Lipinski definition) is 1. The molecule has 3 nitrogen and oxygen atoms in total. The number of hydrogen-bond acceptors (Lipinski definition) is 3. The minimum Gasteiger partial charge on any atom is -0.353 e. The summed E-state index contributed by atoms with van der Waals surface area (Å²) in [6.45, 7) is 2.16. The van der Waals surface area contributed by atoms with E-state index in [-0.39, 0.29) is 0 Å². The van der Waals surface area contributed by atoms with Crippen molar-refractivity contribution in [2.45, 2.75) is 76.3 Å². The summed E-state index contributed by atoms with van der Waals surface area (Å²) in [6.07, 6.45) is 13.9. The smallest absolute Gasteiger partial charge is 0.194 e. The van der Waals surface area contributed by atoms with Crippen molar-refractivity contribution in [3.05, 3.63) is 0 Å². The predicted molar refractivity (Wildman–Crippen MR) is 75.9 cm³/mol. The van der Waals surface area contributed by atoms with Gasteiger partial charge in [-0.05, 0) is 25.7 Å². The Hall–Kier alpha value is -0.730. The number of aliphatic imine (C=N–C) groups is 1. The topological polar surface area (TPSA) is 27.6 Å². The van der Waals surface area contributed by atoms with Gasteiger partial charge < -0.3 is 10.2 Å². The summed E-state index contributed by atoms with van der Waals surface area (Å²) < 4.78 is 0. The number of rotatable bonds is 2. The molecule has 0 spiro atoms. The normalized spacial score (nSPS) is 27.3. The summed E-state index contributed by atoms with van der Waals surface area (Å²) in [7, 11) is 0. The second-order valence-corrected chi connectivity index (χ2v) is 6.17. The Kier molecular flexibility index (Phi) is 4.06. The van der Waals surface area contributed by atoms with Crippen LogP contribution in [0.3, 0.4) is 0 Å². The van der Waals surface area contributed by atoms with Crippen LogP contribution in [0.5, 0.6) is 0 Å². The standard InChI is InChI=1S/C15H27N3/c1-2-4-10-14(9-3-1)18-12-11-16-15(18)17-13-7-5-6-8-13/h13-14H,1-12H2,(H,16,17). The van der Waals surface area contributed by atoms with Gasteiger partial charge in [0.2, 0.25) is 0 Å². The lowest BCUT2D eigenvalue weighted by molar-refractivity contribution is 0.294. The van der Waals surface area contributed by atoms with E-state index >= 15 is 0 Å². The molecule has 0 unspecified atom stereocenters. The van der Waals surface area contributed by atoms with Crippen molar-refractivity contribution in [1.29, 1.82) is 0 Å². The summed E-state index contributed by atoms with van der Waals surface area (Å²) in [5.74, 6) is 1.23. The highest BCUT2D eigenvalue weighted by atomic mass is 15.4. The molecule has 0 aromatic carbocycles. The van der Waals surface area contributed by atoms with Crippen molar-refractivity contribution < 1.29 is 0 Å². The number of nitrogens with zero attached hydrogens (tertiary/aromatic N) is 2. The van der Waals surface area contributed by atoms with Crippen LogP contribution in [0.4, 0.5) is 0 Å². The molecule has 3 rings (SSSR count). The lowest BCUT2D eigenvalue weighted by Gasteiger charge is -2.31. The highest BCUT2D eigenvalue weighted by Gasteiger charge is 2.28. The fourth-order valence-corrected chi connectivity index (χ4v) is 3.77. The Labute approximate surface area is 111 Å². The van der Waals surface area contributed by atoms with Crippen LogP contribution in [-0.2, 0) is 0 Å². The van der Waals surface area contributed by atoms with Crippen molar-refractivity contribution in [2.75, 3.05) is 13.1 Å². The number of guanidine groups is 1. The molecular formula is C15H27N3. The zero-order valence-electron chi connectivity index (χ0n) is 11.5. The summed E-state index contributed by atoms with van der Waals surface area (Å²) in [5.41, 5.74) is 0. The second-order valence-electron chi connectivity index (χ2n) is 6.17. The fraction of sp³-hybridized carbons (Fsp3) is 0.933. The molecule has 2 saturated carbocycles. The van der Waals surface area contributed by atoms with Crippen LogP contribution in [-0.4, -0.2) is 36.0 Å². The van der Waals surface area contributed by atoms with Gasteiger partial charge in [0.15, 0.2) is 5.96 Å². The summed E-state index contributed by atoms with van der Waals surface area (Å²) in [4.78, 5) is 7.30. The first-order valence-corrected chi connectivity index (χ1v) is 8.01. The average molecular weight is 249 g/mol. The van der Waals surface area contributed by atoms with Crippen LogP contribution in [0.15, 0.2) is 4.99 Å². The largest absolute Gasteiger partial charge is 0.353 e. The summed E-state index contributed by atoms with van der Waals surface area (Å²) >= 11 is 0. The van der Waals surface area contributed by atoms with Crippen LogP contribution >= 0.6 is 0 Å². The van der Waals surface area contributed by atoms with Gasteiger partial charge in [0, 0.05) is 18.6 Å². The Balaban J connectivity index is 1.58. The zero-order chi connectivity index (χ0) is 12.2. The predicted octanol–water partition coefficient (Wildman–Crippen LogP) is 2.91. The molecule has 0 amide bonds. The third-order valence-corrected chi connectivity index (χ3v) is 4.83. The highest BCUT2D eigenvalue weighted by molar-refractivity contribution is 5.82. The van der Waals surface area contributed by atoms with E-state index in [1.807, 2.05) is 0 Å². The van der Waals surface area contributed by atoms with Gasteiger partial charge in [0.1, 0.15) is 0 Å². The maximum absolute atomic E-state index is 4.72. The van der Waals surface area contributed by atoms with Crippen LogP contribution in [0.2, 0.25) is 0 Å². The van der Waals surface area contributed by atoms with Gasteiger partial charge in [0.05, 0.1) is 6.54 Å². The van der Waals surface area contributed by atoms with Gasteiger partial charge in [-0.25, -0.2) is 0 Å². The first-order chi connectivity index (χ1) is 8.93. The first-order valence-electron chi connectivity index (χ1n) is 8.01.